The van der Waals surface area contributed by atoms with Crippen LogP contribution in [0.3, 0.4) is 0 Å². The van der Waals surface area contributed by atoms with Crippen molar-refractivity contribution in [3.05, 3.63) is 23.0 Å². The van der Waals surface area contributed by atoms with Gasteiger partial charge in [0.15, 0.2) is 5.78 Å². The molecule has 1 aromatic rings. The molecule has 3 N–H and O–H groups in total. The molecule has 0 amide bonds. The monoisotopic (exact) mass is 432 g/mol. The van der Waals surface area contributed by atoms with Gasteiger partial charge < -0.3 is 15.3 Å². The fourth-order valence-corrected chi connectivity index (χ4v) is 8.24. The first-order valence-corrected chi connectivity index (χ1v) is 11.4. The number of fused-ring (bicyclic) bond motifs is 6. The second-order valence-electron chi connectivity index (χ2n) is 11.0. The van der Waals surface area contributed by atoms with Crippen LogP contribution in [0.5, 0.6) is 0 Å². The minimum absolute atomic E-state index is 0.0000134. The van der Waals surface area contributed by atoms with Crippen molar-refractivity contribution in [1.82, 2.24) is 9.78 Å². The quantitative estimate of drug-likeness (QED) is 0.666. The Kier molecular flexibility index (Phi) is 4.30. The zero-order valence-electron chi connectivity index (χ0n) is 18.7. The minimum Gasteiger partial charge on any atom is -0.390 e. The highest BCUT2D eigenvalue weighted by Crippen LogP contribution is 2.71. The van der Waals surface area contributed by atoms with Gasteiger partial charge in [0.1, 0.15) is 17.9 Å². The normalized spacial score (nSPS) is 48.3. The van der Waals surface area contributed by atoms with Gasteiger partial charge in [-0.2, -0.15) is 5.10 Å². The lowest BCUT2D eigenvalue weighted by molar-refractivity contribution is -0.226. The fraction of sp³-hybridized carbons (Fsp3) is 0.750. The third-order valence-corrected chi connectivity index (χ3v) is 9.90. The summed E-state index contributed by atoms with van der Waals surface area (Å²) in [7, 11) is 1.88. The number of ketones is 1. The number of carbonyl (C=O) groups excluding carboxylic acids is 1. The molecule has 6 nitrogen and oxygen atoms in total. The summed E-state index contributed by atoms with van der Waals surface area (Å²) in [4.78, 5) is 12.7. The van der Waals surface area contributed by atoms with E-state index < -0.39 is 52.4 Å². The molecule has 1 heterocycles. The van der Waals surface area contributed by atoms with Gasteiger partial charge in [0.25, 0.3) is 0 Å². The van der Waals surface area contributed by atoms with Crippen LogP contribution < -0.4 is 0 Å². The second kappa shape index (κ2) is 6.27. The lowest BCUT2D eigenvalue weighted by Crippen LogP contribution is -2.70. The average Bonchev–Trinajstić information content (AvgIpc) is 3.17. The molecule has 4 aliphatic carbocycles. The molecule has 4 aliphatic rings. The Labute approximate surface area is 182 Å². The summed E-state index contributed by atoms with van der Waals surface area (Å²) < 4.78 is 19.2. The summed E-state index contributed by atoms with van der Waals surface area (Å²) >= 11 is 0. The molecule has 3 saturated carbocycles. The summed E-state index contributed by atoms with van der Waals surface area (Å²) in [5.41, 5.74) is -2.45. The van der Waals surface area contributed by atoms with Gasteiger partial charge >= 0.3 is 0 Å². The van der Waals surface area contributed by atoms with Crippen LogP contribution in [0.25, 0.3) is 6.08 Å². The lowest BCUT2D eigenvalue weighted by atomic mass is 9.43. The SMILES string of the molecule is C[C@@H]1C[C@H]2[C@@H]3CCC4=Cc5c(cnn5C)C[C@]4(C)[C@@]3(F)[C@@H](O)C[C@]2(C)[C@@]1(O)C(=O)CO. The van der Waals surface area contributed by atoms with Crippen molar-refractivity contribution in [3.63, 3.8) is 0 Å². The number of rotatable bonds is 2. The summed E-state index contributed by atoms with van der Waals surface area (Å²) in [5.74, 6) is -1.74. The molecule has 31 heavy (non-hydrogen) atoms. The van der Waals surface area contributed by atoms with Crippen molar-refractivity contribution in [3.8, 4) is 0 Å². The topological polar surface area (TPSA) is 95.6 Å². The van der Waals surface area contributed by atoms with Gasteiger partial charge in [-0.1, -0.05) is 26.3 Å². The van der Waals surface area contributed by atoms with Crippen LogP contribution in [0, 0.1) is 28.6 Å². The largest absolute Gasteiger partial charge is 0.390 e. The first-order chi connectivity index (χ1) is 14.4. The molecule has 0 saturated heterocycles. The number of carbonyl (C=O) groups is 1. The molecule has 8 atom stereocenters. The Balaban J connectivity index is 1.62. The van der Waals surface area contributed by atoms with Crippen LogP contribution in [0.2, 0.25) is 0 Å². The van der Waals surface area contributed by atoms with E-state index in [-0.39, 0.29) is 12.3 Å². The van der Waals surface area contributed by atoms with E-state index >= 15 is 4.39 Å². The Bertz CT molecular complexity index is 990. The van der Waals surface area contributed by atoms with Gasteiger partial charge in [-0.25, -0.2) is 4.39 Å². The second-order valence-corrected chi connectivity index (χ2v) is 11.0. The van der Waals surface area contributed by atoms with Crippen molar-refractivity contribution in [2.75, 3.05) is 6.61 Å². The van der Waals surface area contributed by atoms with Gasteiger partial charge in [-0.15, -0.1) is 0 Å². The third kappa shape index (κ3) is 2.23. The van der Waals surface area contributed by atoms with Crippen molar-refractivity contribution in [2.24, 2.45) is 35.6 Å². The van der Waals surface area contributed by atoms with Crippen LogP contribution in [0.15, 0.2) is 11.8 Å². The number of aromatic nitrogens is 2. The van der Waals surface area contributed by atoms with Crippen LogP contribution in [-0.2, 0) is 18.3 Å². The van der Waals surface area contributed by atoms with Crippen molar-refractivity contribution >= 4 is 11.9 Å². The van der Waals surface area contributed by atoms with E-state index in [1.54, 1.807) is 6.20 Å². The predicted molar refractivity (Wildman–Crippen MR) is 113 cm³/mol. The van der Waals surface area contributed by atoms with E-state index in [2.05, 4.69) is 5.10 Å². The number of aryl methyl sites for hydroxylation is 1. The van der Waals surface area contributed by atoms with E-state index in [0.29, 0.717) is 19.3 Å². The van der Waals surface area contributed by atoms with E-state index in [0.717, 1.165) is 23.3 Å². The number of aliphatic hydroxyl groups excluding tert-OH is 2. The number of alkyl halides is 1. The highest BCUT2D eigenvalue weighted by atomic mass is 19.1. The van der Waals surface area contributed by atoms with E-state index in [1.165, 1.54) is 0 Å². The van der Waals surface area contributed by atoms with Gasteiger partial charge in [-0.3, -0.25) is 9.48 Å². The van der Waals surface area contributed by atoms with E-state index in [4.69, 9.17) is 0 Å². The van der Waals surface area contributed by atoms with E-state index in [9.17, 15) is 20.1 Å². The minimum atomic E-state index is -1.86. The number of hydrogen-bond acceptors (Lipinski definition) is 5. The summed E-state index contributed by atoms with van der Waals surface area (Å²) in [5, 5.41) is 36.8. The molecule has 5 rings (SSSR count). The molecular weight excluding hydrogens is 399 g/mol. The molecule has 7 heteroatoms. The number of hydrogen-bond donors (Lipinski definition) is 3. The third-order valence-electron chi connectivity index (χ3n) is 9.90. The molecule has 0 aliphatic heterocycles. The highest BCUT2D eigenvalue weighted by molar-refractivity contribution is 5.90. The first-order valence-electron chi connectivity index (χ1n) is 11.4. The highest BCUT2D eigenvalue weighted by Gasteiger charge is 2.75. The number of allylic oxidation sites excluding steroid dienone is 1. The zero-order chi connectivity index (χ0) is 22.6. The maximum Gasteiger partial charge on any atom is 0.190 e. The fourth-order valence-electron chi connectivity index (χ4n) is 8.24. The number of aliphatic hydroxyl groups is 3. The zero-order valence-corrected chi connectivity index (χ0v) is 18.7. The maximum atomic E-state index is 17.4. The molecule has 3 fully saturated rings. The van der Waals surface area contributed by atoms with Gasteiger partial charge in [0.2, 0.25) is 0 Å². The van der Waals surface area contributed by atoms with Gasteiger partial charge in [-0.05, 0) is 55.6 Å². The average molecular weight is 433 g/mol. The molecule has 1 aromatic heterocycles. The molecule has 0 unspecified atom stereocenters. The lowest BCUT2D eigenvalue weighted by Gasteiger charge is -2.63. The van der Waals surface area contributed by atoms with Crippen LogP contribution in [0.4, 0.5) is 4.39 Å². The molecule has 0 radical (unpaired) electrons. The molecule has 0 bridgehead atoms. The van der Waals surface area contributed by atoms with Crippen LogP contribution in [-0.4, -0.2) is 54.9 Å². The van der Waals surface area contributed by atoms with Gasteiger partial charge in [0.05, 0.1) is 18.0 Å². The number of halogens is 1. The Hall–Kier alpha value is -1.57. The molecular formula is C24H33FN2O4. The van der Waals surface area contributed by atoms with E-state index in [1.807, 2.05) is 38.6 Å². The van der Waals surface area contributed by atoms with Crippen molar-refractivity contribution in [2.45, 2.75) is 70.2 Å². The van der Waals surface area contributed by atoms with Crippen LogP contribution >= 0.6 is 0 Å². The molecule has 170 valence electrons. The summed E-state index contributed by atoms with van der Waals surface area (Å²) in [6.45, 7) is 4.79. The van der Waals surface area contributed by atoms with Crippen LogP contribution in [0.1, 0.15) is 57.7 Å². The summed E-state index contributed by atoms with van der Waals surface area (Å²) in [6, 6.07) is 0. The van der Waals surface area contributed by atoms with Gasteiger partial charge in [0, 0.05) is 23.8 Å². The Morgan fingerprint density at radius 2 is 2.06 bits per heavy atom. The summed E-state index contributed by atoms with van der Waals surface area (Å²) in [6.07, 6.45) is 4.80. The standard InChI is InChI=1S/C24H33FN2O4/c1-13-7-17-16-6-5-15-8-18-14(11-26-27(18)4)9-21(15,2)23(16,25)19(29)10-22(17,3)24(13,31)20(30)12-28/h8,11,13,16-17,19,28-29,31H,5-7,9-10,12H2,1-4H3/t13-,16+,17+,19+,21+,22+,23+,24+/m1/s1. The maximum absolute atomic E-state index is 17.4. The Morgan fingerprint density at radius 1 is 1.35 bits per heavy atom. The van der Waals surface area contributed by atoms with Crippen molar-refractivity contribution < 1.29 is 24.5 Å². The number of Topliss-reactive ketones (excluding diaryl/α,β-unsaturated/α-hetero) is 1. The predicted octanol–water partition coefficient (Wildman–Crippen LogP) is 2.20. The molecule has 0 aromatic carbocycles. The smallest absolute Gasteiger partial charge is 0.190 e. The molecule has 0 spiro atoms. The number of nitrogens with zero attached hydrogens (tertiary/aromatic N) is 2. The Morgan fingerprint density at radius 3 is 2.74 bits per heavy atom. The van der Waals surface area contributed by atoms with Crippen molar-refractivity contribution in [1.29, 1.82) is 0 Å². The first kappa shape index (κ1) is 21.3.